The highest BCUT2D eigenvalue weighted by atomic mass is 16.6. The van der Waals surface area contributed by atoms with Crippen LogP contribution in [0.4, 0.5) is 5.69 Å². The third kappa shape index (κ3) is 2.53. The second-order valence-corrected chi connectivity index (χ2v) is 4.65. The van der Waals surface area contributed by atoms with Gasteiger partial charge in [0.05, 0.1) is 11.0 Å². The van der Waals surface area contributed by atoms with E-state index >= 15 is 0 Å². The second-order valence-electron chi connectivity index (χ2n) is 4.65. The lowest BCUT2D eigenvalue weighted by atomic mass is 10.2. The topological polar surface area (TPSA) is 60.2 Å². The molecule has 0 saturated carbocycles. The first-order valence-electron chi connectivity index (χ1n) is 6.45. The quantitative estimate of drug-likeness (QED) is 0.420. The van der Waals surface area contributed by atoms with E-state index < -0.39 is 4.92 Å². The van der Waals surface area contributed by atoms with E-state index in [0.29, 0.717) is 5.89 Å². The number of hydrogen-bond donors (Lipinski definition) is 0. The molecule has 0 atom stereocenters. The summed E-state index contributed by atoms with van der Waals surface area (Å²) in [6, 6.07) is 14.2. The third-order valence-corrected chi connectivity index (χ3v) is 3.27. The maximum atomic E-state index is 10.8. The zero-order chi connectivity index (χ0) is 14.8. The van der Waals surface area contributed by atoms with Crippen LogP contribution >= 0.6 is 0 Å². The Balaban J connectivity index is 1.96. The van der Waals surface area contributed by atoms with Crippen molar-refractivity contribution in [2.45, 2.75) is 0 Å². The SMILES string of the molecule is C[n+]1c(/C=C/c2cccc([N+](=O)[O-])c2)oc2ccccc21. The zero-order valence-corrected chi connectivity index (χ0v) is 11.4. The molecular formula is C16H13N2O3+. The lowest BCUT2D eigenvalue weighted by Crippen LogP contribution is -2.29. The molecule has 0 spiro atoms. The van der Waals surface area contributed by atoms with Crippen LogP contribution in [0.15, 0.2) is 52.9 Å². The maximum Gasteiger partial charge on any atom is 0.373 e. The number of non-ortho nitro benzene ring substituents is 1. The van der Waals surface area contributed by atoms with Gasteiger partial charge in [0.1, 0.15) is 7.05 Å². The van der Waals surface area contributed by atoms with Crippen molar-refractivity contribution in [3.05, 3.63) is 70.1 Å². The minimum Gasteiger partial charge on any atom is -0.398 e. The Morgan fingerprint density at radius 2 is 1.95 bits per heavy atom. The van der Waals surface area contributed by atoms with Crippen LogP contribution in [0.1, 0.15) is 11.5 Å². The lowest BCUT2D eigenvalue weighted by molar-refractivity contribution is -0.651. The minimum absolute atomic E-state index is 0.0751. The van der Waals surface area contributed by atoms with Crippen LogP contribution in [0.5, 0.6) is 0 Å². The number of aromatic nitrogens is 1. The first kappa shape index (κ1) is 13.1. The highest BCUT2D eigenvalue weighted by Crippen LogP contribution is 2.17. The van der Waals surface area contributed by atoms with Crippen molar-refractivity contribution < 1.29 is 13.9 Å². The summed E-state index contributed by atoms with van der Waals surface area (Å²) in [6.45, 7) is 0. The molecule has 3 aromatic rings. The van der Waals surface area contributed by atoms with Gasteiger partial charge in [0, 0.05) is 18.2 Å². The van der Waals surface area contributed by atoms with Gasteiger partial charge in [-0.25, -0.2) is 0 Å². The number of nitro benzene ring substituents is 1. The fourth-order valence-corrected chi connectivity index (χ4v) is 2.18. The molecule has 104 valence electrons. The molecule has 0 amide bonds. The molecule has 0 N–H and O–H groups in total. The van der Waals surface area contributed by atoms with Crippen molar-refractivity contribution in [1.29, 1.82) is 0 Å². The van der Waals surface area contributed by atoms with E-state index in [2.05, 4.69) is 0 Å². The Hall–Kier alpha value is -2.95. The summed E-state index contributed by atoms with van der Waals surface area (Å²) in [6.07, 6.45) is 3.60. The van der Waals surface area contributed by atoms with Crippen LogP contribution in [-0.2, 0) is 7.05 Å². The van der Waals surface area contributed by atoms with Crippen LogP contribution in [0.3, 0.4) is 0 Å². The number of oxazole rings is 1. The highest BCUT2D eigenvalue weighted by molar-refractivity contribution is 5.72. The molecular weight excluding hydrogens is 268 g/mol. The van der Waals surface area contributed by atoms with Crippen molar-refractivity contribution in [3.63, 3.8) is 0 Å². The average molecular weight is 281 g/mol. The predicted molar refractivity (Wildman–Crippen MR) is 79.4 cm³/mol. The van der Waals surface area contributed by atoms with Gasteiger partial charge >= 0.3 is 5.89 Å². The summed E-state index contributed by atoms with van der Waals surface area (Å²) >= 11 is 0. The number of nitro groups is 1. The number of aryl methyl sites for hydroxylation is 1. The van der Waals surface area contributed by atoms with Gasteiger partial charge in [-0.05, 0) is 17.7 Å². The van der Waals surface area contributed by atoms with E-state index in [1.807, 2.05) is 41.9 Å². The van der Waals surface area contributed by atoms with Crippen molar-refractivity contribution >= 4 is 28.9 Å². The summed E-state index contributed by atoms with van der Waals surface area (Å²) in [5.41, 5.74) is 2.63. The predicted octanol–water partition coefficient (Wildman–Crippen LogP) is 3.34. The standard InChI is InChI=1S/C16H13N2O3/c1-17-14-7-2-3-8-15(14)21-16(17)10-9-12-5-4-6-13(11-12)18(19)20/h2-11H,1H3/q+1/b10-9+. The van der Waals surface area contributed by atoms with Crippen molar-refractivity contribution in [2.24, 2.45) is 7.05 Å². The van der Waals surface area contributed by atoms with Gasteiger partial charge in [0.2, 0.25) is 5.58 Å². The molecule has 1 heterocycles. The van der Waals surface area contributed by atoms with Gasteiger partial charge in [-0.3, -0.25) is 10.1 Å². The van der Waals surface area contributed by atoms with Crippen LogP contribution < -0.4 is 4.57 Å². The van der Waals surface area contributed by atoms with Crippen LogP contribution in [0.25, 0.3) is 23.3 Å². The van der Waals surface area contributed by atoms with E-state index in [-0.39, 0.29) is 5.69 Å². The molecule has 0 fully saturated rings. The molecule has 1 aromatic heterocycles. The van der Waals surface area contributed by atoms with Crippen molar-refractivity contribution in [2.75, 3.05) is 0 Å². The van der Waals surface area contributed by atoms with Gasteiger partial charge in [0.25, 0.3) is 11.2 Å². The van der Waals surface area contributed by atoms with E-state index in [1.165, 1.54) is 12.1 Å². The molecule has 0 unspecified atom stereocenters. The molecule has 0 aliphatic heterocycles. The Morgan fingerprint density at radius 1 is 1.14 bits per heavy atom. The molecule has 21 heavy (non-hydrogen) atoms. The van der Waals surface area contributed by atoms with Gasteiger partial charge in [-0.2, -0.15) is 4.57 Å². The molecule has 5 heteroatoms. The lowest BCUT2D eigenvalue weighted by Gasteiger charge is -1.93. The Labute approximate surface area is 120 Å². The van der Waals surface area contributed by atoms with E-state index in [0.717, 1.165) is 16.7 Å². The molecule has 2 aromatic carbocycles. The largest absolute Gasteiger partial charge is 0.398 e. The summed E-state index contributed by atoms with van der Waals surface area (Å²) < 4.78 is 7.67. The van der Waals surface area contributed by atoms with Gasteiger partial charge in [-0.15, -0.1) is 0 Å². The van der Waals surface area contributed by atoms with Crippen molar-refractivity contribution in [3.8, 4) is 0 Å². The number of para-hydroxylation sites is 2. The van der Waals surface area contributed by atoms with Crippen LogP contribution in [0, 0.1) is 10.1 Å². The highest BCUT2D eigenvalue weighted by Gasteiger charge is 2.15. The van der Waals surface area contributed by atoms with Gasteiger partial charge in [-0.1, -0.05) is 24.3 Å². The second kappa shape index (κ2) is 5.20. The number of rotatable bonds is 3. The molecule has 0 radical (unpaired) electrons. The minimum atomic E-state index is -0.404. The van der Waals surface area contributed by atoms with Gasteiger partial charge in [0.15, 0.2) is 0 Å². The average Bonchev–Trinajstić information content (AvgIpc) is 2.82. The van der Waals surface area contributed by atoms with Gasteiger partial charge < -0.3 is 4.42 Å². The van der Waals surface area contributed by atoms with E-state index in [9.17, 15) is 10.1 Å². The zero-order valence-electron chi connectivity index (χ0n) is 11.4. The molecule has 3 rings (SSSR count). The number of nitrogens with zero attached hydrogens (tertiary/aromatic N) is 2. The number of benzene rings is 2. The number of fused-ring (bicyclic) bond motifs is 1. The van der Waals surface area contributed by atoms with Crippen molar-refractivity contribution in [1.82, 2.24) is 0 Å². The Morgan fingerprint density at radius 3 is 2.71 bits per heavy atom. The van der Waals surface area contributed by atoms with Crippen LogP contribution in [-0.4, -0.2) is 4.92 Å². The Bertz CT molecular complexity index is 850. The molecule has 0 saturated heterocycles. The monoisotopic (exact) mass is 281 g/mol. The molecule has 5 nitrogen and oxygen atoms in total. The summed E-state index contributed by atoms with van der Waals surface area (Å²) in [5, 5.41) is 10.8. The summed E-state index contributed by atoms with van der Waals surface area (Å²) in [5.74, 6) is 0.683. The molecule has 0 aliphatic rings. The normalized spacial score (nSPS) is 11.3. The molecule has 0 bridgehead atoms. The summed E-state index contributed by atoms with van der Waals surface area (Å²) in [7, 11) is 1.92. The Kier molecular flexibility index (Phi) is 3.23. The molecule has 0 aliphatic carbocycles. The maximum absolute atomic E-state index is 10.8. The first-order valence-corrected chi connectivity index (χ1v) is 6.45. The summed E-state index contributed by atoms with van der Waals surface area (Å²) in [4.78, 5) is 10.4. The fourth-order valence-electron chi connectivity index (χ4n) is 2.18. The third-order valence-electron chi connectivity index (χ3n) is 3.27. The van der Waals surface area contributed by atoms with E-state index in [1.54, 1.807) is 18.2 Å². The fraction of sp³-hybridized carbons (Fsp3) is 0.0625. The first-order chi connectivity index (χ1) is 10.1. The smallest absolute Gasteiger partial charge is 0.373 e. The number of hydrogen-bond acceptors (Lipinski definition) is 3. The van der Waals surface area contributed by atoms with E-state index in [4.69, 9.17) is 4.42 Å². The van der Waals surface area contributed by atoms with Crippen LogP contribution in [0.2, 0.25) is 0 Å².